The van der Waals surface area contributed by atoms with Gasteiger partial charge in [-0.15, -0.1) is 10.2 Å². The second-order valence-corrected chi connectivity index (χ2v) is 7.37. The van der Waals surface area contributed by atoms with Crippen molar-refractivity contribution in [2.75, 3.05) is 12.3 Å². The van der Waals surface area contributed by atoms with Gasteiger partial charge >= 0.3 is 0 Å². The predicted molar refractivity (Wildman–Crippen MR) is 104 cm³/mol. The molecule has 0 aliphatic carbocycles. The second-order valence-electron chi connectivity index (χ2n) is 5.99. The number of halogens is 1. The highest BCUT2D eigenvalue weighted by Gasteiger charge is 2.13. The first kappa shape index (κ1) is 21.0. The molecule has 2 N–H and O–H groups in total. The average molecular weight is 412 g/mol. The van der Waals surface area contributed by atoms with Crippen molar-refractivity contribution in [1.29, 1.82) is 0 Å². The largest absolute Gasteiger partial charge is 0.486 e. The maximum atomic E-state index is 11.9. The van der Waals surface area contributed by atoms with Crippen molar-refractivity contribution in [3.05, 3.63) is 35.1 Å². The molecule has 0 unspecified atom stereocenters. The lowest BCUT2D eigenvalue weighted by Crippen LogP contribution is -2.40. The van der Waals surface area contributed by atoms with Crippen LogP contribution in [0.5, 0.6) is 5.75 Å². The summed E-state index contributed by atoms with van der Waals surface area (Å²) in [6.45, 7) is 3.92. The minimum absolute atomic E-state index is 0.0379. The molecule has 27 heavy (non-hydrogen) atoms. The molecule has 10 heteroatoms. The topological polar surface area (TPSA) is 98.1 Å². The molecule has 2 rings (SSSR count). The molecule has 0 saturated carbocycles. The Morgan fingerprint density at radius 2 is 1.93 bits per heavy atom. The normalized spacial score (nSPS) is 10.7. The van der Waals surface area contributed by atoms with Gasteiger partial charge in [-0.05, 0) is 38.1 Å². The molecule has 146 valence electrons. The van der Waals surface area contributed by atoms with Crippen LogP contribution in [0.25, 0.3) is 0 Å². The Kier molecular flexibility index (Phi) is 7.93. The lowest BCUT2D eigenvalue weighted by Gasteiger charge is -2.09. The van der Waals surface area contributed by atoms with Gasteiger partial charge < -0.3 is 19.9 Å². The van der Waals surface area contributed by atoms with E-state index >= 15 is 0 Å². The fourth-order valence-electron chi connectivity index (χ4n) is 2.01. The molecule has 2 aromatic rings. The Morgan fingerprint density at radius 3 is 2.59 bits per heavy atom. The standard InChI is InChI=1S/C17H22ClN5O3S/c1-11(2)20-15(24)8-19-16(25)10-27-17-22-21-14(23(17)3)9-26-13-6-4-12(18)5-7-13/h4-7,11H,8-10H2,1-3H3,(H,19,25)(H,20,24). The number of amides is 2. The van der Waals surface area contributed by atoms with Gasteiger partial charge in [0, 0.05) is 18.1 Å². The van der Waals surface area contributed by atoms with Crippen molar-refractivity contribution < 1.29 is 14.3 Å². The highest BCUT2D eigenvalue weighted by Crippen LogP contribution is 2.18. The van der Waals surface area contributed by atoms with E-state index in [2.05, 4.69) is 20.8 Å². The zero-order valence-corrected chi connectivity index (χ0v) is 16.9. The van der Waals surface area contributed by atoms with E-state index in [0.717, 1.165) is 0 Å². The van der Waals surface area contributed by atoms with Gasteiger partial charge in [0.1, 0.15) is 12.4 Å². The van der Waals surface area contributed by atoms with E-state index in [1.54, 1.807) is 35.9 Å². The van der Waals surface area contributed by atoms with Gasteiger partial charge in [-0.2, -0.15) is 0 Å². The van der Waals surface area contributed by atoms with Crippen LogP contribution < -0.4 is 15.4 Å². The molecule has 0 bridgehead atoms. The van der Waals surface area contributed by atoms with Gasteiger partial charge in [0.2, 0.25) is 11.8 Å². The summed E-state index contributed by atoms with van der Waals surface area (Å²) in [5.41, 5.74) is 0. The molecule has 1 heterocycles. The fourth-order valence-corrected chi connectivity index (χ4v) is 2.89. The van der Waals surface area contributed by atoms with Crippen LogP contribution >= 0.6 is 23.4 Å². The van der Waals surface area contributed by atoms with Gasteiger partial charge in [-0.3, -0.25) is 9.59 Å². The van der Waals surface area contributed by atoms with E-state index in [0.29, 0.717) is 21.8 Å². The number of aromatic nitrogens is 3. The lowest BCUT2D eigenvalue weighted by atomic mass is 10.3. The molecule has 0 spiro atoms. The molecule has 1 aromatic carbocycles. The van der Waals surface area contributed by atoms with Crippen LogP contribution in [-0.2, 0) is 23.2 Å². The number of nitrogens with zero attached hydrogens (tertiary/aromatic N) is 3. The van der Waals surface area contributed by atoms with Crippen LogP contribution in [0.3, 0.4) is 0 Å². The Hall–Kier alpha value is -2.26. The molecule has 8 nitrogen and oxygen atoms in total. The highest BCUT2D eigenvalue weighted by atomic mass is 35.5. The van der Waals surface area contributed by atoms with Gasteiger partial charge in [0.05, 0.1) is 12.3 Å². The molecule has 2 amide bonds. The van der Waals surface area contributed by atoms with Crippen LogP contribution in [-0.4, -0.2) is 44.9 Å². The monoisotopic (exact) mass is 411 g/mol. The maximum Gasteiger partial charge on any atom is 0.239 e. The van der Waals surface area contributed by atoms with Crippen LogP contribution in [0.15, 0.2) is 29.4 Å². The molecule has 0 radical (unpaired) electrons. The first-order valence-electron chi connectivity index (χ1n) is 8.30. The summed E-state index contributed by atoms with van der Waals surface area (Å²) in [7, 11) is 1.80. The average Bonchev–Trinajstić information content (AvgIpc) is 2.97. The summed E-state index contributed by atoms with van der Waals surface area (Å²) in [4.78, 5) is 23.4. The number of benzene rings is 1. The molecule has 0 atom stereocenters. The molecule has 0 aliphatic rings. The first-order valence-corrected chi connectivity index (χ1v) is 9.67. The zero-order valence-electron chi connectivity index (χ0n) is 15.4. The number of ether oxygens (including phenoxy) is 1. The van der Waals surface area contributed by atoms with Crippen molar-refractivity contribution in [3.8, 4) is 5.75 Å². The van der Waals surface area contributed by atoms with E-state index < -0.39 is 0 Å². The Bertz CT molecular complexity index is 779. The SMILES string of the molecule is CC(C)NC(=O)CNC(=O)CSc1nnc(COc2ccc(Cl)cc2)n1C. The molecule has 0 fully saturated rings. The Balaban J connectivity index is 1.78. The Labute approximate surface area is 167 Å². The lowest BCUT2D eigenvalue weighted by molar-refractivity contribution is -0.125. The fraction of sp³-hybridized carbons (Fsp3) is 0.412. The van der Waals surface area contributed by atoms with Crippen LogP contribution in [0.4, 0.5) is 0 Å². The quantitative estimate of drug-likeness (QED) is 0.610. The summed E-state index contributed by atoms with van der Waals surface area (Å²) in [5, 5.41) is 14.6. The number of thioether (sulfide) groups is 1. The third kappa shape index (κ3) is 7.10. The van der Waals surface area contributed by atoms with Gasteiger partial charge in [0.15, 0.2) is 11.0 Å². The van der Waals surface area contributed by atoms with Crippen LogP contribution in [0.1, 0.15) is 19.7 Å². The predicted octanol–water partition coefficient (Wildman–Crippen LogP) is 1.78. The first-order chi connectivity index (χ1) is 12.8. The number of rotatable bonds is 9. The summed E-state index contributed by atoms with van der Waals surface area (Å²) in [6, 6.07) is 7.07. The summed E-state index contributed by atoms with van der Waals surface area (Å²) in [5.74, 6) is 0.975. The number of hydrogen-bond donors (Lipinski definition) is 2. The molecule has 0 aliphatic heterocycles. The maximum absolute atomic E-state index is 11.9. The summed E-state index contributed by atoms with van der Waals surface area (Å²) >= 11 is 7.08. The minimum Gasteiger partial charge on any atom is -0.486 e. The summed E-state index contributed by atoms with van der Waals surface area (Å²) < 4.78 is 7.41. The van der Waals surface area contributed by atoms with Crippen molar-refractivity contribution in [1.82, 2.24) is 25.4 Å². The van der Waals surface area contributed by atoms with Gasteiger partial charge in [-0.25, -0.2) is 0 Å². The van der Waals surface area contributed by atoms with E-state index in [1.807, 2.05) is 13.8 Å². The van der Waals surface area contributed by atoms with Crippen LogP contribution in [0.2, 0.25) is 5.02 Å². The number of nitrogens with one attached hydrogen (secondary N) is 2. The number of carbonyl (C=O) groups excluding carboxylic acids is 2. The minimum atomic E-state index is -0.249. The van der Waals surface area contributed by atoms with Crippen molar-refractivity contribution in [2.45, 2.75) is 31.7 Å². The third-order valence-corrected chi connectivity index (χ3v) is 4.61. The van der Waals surface area contributed by atoms with E-state index in [-0.39, 0.29) is 36.8 Å². The second kappa shape index (κ2) is 10.2. The number of carbonyl (C=O) groups is 2. The third-order valence-electron chi connectivity index (χ3n) is 3.33. The van der Waals surface area contributed by atoms with Gasteiger partial charge in [-0.1, -0.05) is 23.4 Å². The van der Waals surface area contributed by atoms with Crippen molar-refractivity contribution >= 4 is 35.2 Å². The van der Waals surface area contributed by atoms with Crippen molar-refractivity contribution in [2.24, 2.45) is 7.05 Å². The highest BCUT2D eigenvalue weighted by molar-refractivity contribution is 7.99. The molecule has 0 saturated heterocycles. The van der Waals surface area contributed by atoms with Crippen molar-refractivity contribution in [3.63, 3.8) is 0 Å². The van der Waals surface area contributed by atoms with E-state index in [1.165, 1.54) is 11.8 Å². The molecule has 1 aromatic heterocycles. The summed E-state index contributed by atoms with van der Waals surface area (Å²) in [6.07, 6.45) is 0. The van der Waals surface area contributed by atoms with E-state index in [4.69, 9.17) is 16.3 Å². The molecular weight excluding hydrogens is 390 g/mol. The van der Waals surface area contributed by atoms with Crippen LogP contribution in [0, 0.1) is 0 Å². The molecular formula is C17H22ClN5O3S. The smallest absolute Gasteiger partial charge is 0.239 e. The van der Waals surface area contributed by atoms with Gasteiger partial charge in [0.25, 0.3) is 0 Å². The Morgan fingerprint density at radius 1 is 1.22 bits per heavy atom. The zero-order chi connectivity index (χ0) is 19.8. The number of hydrogen-bond acceptors (Lipinski definition) is 6. The van der Waals surface area contributed by atoms with E-state index in [9.17, 15) is 9.59 Å².